The lowest BCUT2D eigenvalue weighted by atomic mass is 9.94. The van der Waals surface area contributed by atoms with Gasteiger partial charge in [-0.05, 0) is 37.0 Å². The van der Waals surface area contributed by atoms with Crippen LogP contribution in [0.3, 0.4) is 0 Å². The first-order chi connectivity index (χ1) is 8.45. The zero-order valence-corrected chi connectivity index (χ0v) is 11.9. The summed E-state index contributed by atoms with van der Waals surface area (Å²) in [6.45, 7) is 6.76. The topological polar surface area (TPSA) is 35.2 Å². The van der Waals surface area contributed by atoms with Crippen molar-refractivity contribution in [2.45, 2.75) is 39.3 Å². The van der Waals surface area contributed by atoms with Crippen molar-refractivity contribution in [1.29, 1.82) is 0 Å². The molecule has 0 amide bonds. The third-order valence-electron chi connectivity index (χ3n) is 2.89. The van der Waals surface area contributed by atoms with E-state index in [1.165, 1.54) is 6.07 Å². The average Bonchev–Trinajstić information content (AvgIpc) is 2.30. The van der Waals surface area contributed by atoms with Gasteiger partial charge >= 0.3 is 0 Å². The van der Waals surface area contributed by atoms with E-state index < -0.39 is 5.82 Å². The summed E-state index contributed by atoms with van der Waals surface area (Å²) in [7, 11) is 0. The van der Waals surface area contributed by atoms with Gasteiger partial charge in [-0.25, -0.2) is 4.39 Å². The molecule has 0 aliphatic rings. The second kappa shape index (κ2) is 7.07. The molecule has 18 heavy (non-hydrogen) atoms. The first-order valence-corrected chi connectivity index (χ1v) is 6.64. The van der Waals surface area contributed by atoms with E-state index in [2.05, 4.69) is 13.8 Å². The minimum atomic E-state index is -0.404. The van der Waals surface area contributed by atoms with Gasteiger partial charge in [-0.2, -0.15) is 0 Å². The van der Waals surface area contributed by atoms with E-state index in [0.717, 1.165) is 5.56 Å². The monoisotopic (exact) mass is 273 g/mol. The highest BCUT2D eigenvalue weighted by Crippen LogP contribution is 2.19. The van der Waals surface area contributed by atoms with Crippen molar-refractivity contribution in [3.8, 4) is 0 Å². The number of ether oxygens (including phenoxy) is 1. The number of benzene rings is 1. The van der Waals surface area contributed by atoms with Crippen LogP contribution >= 0.6 is 11.6 Å². The van der Waals surface area contributed by atoms with Gasteiger partial charge in [0.15, 0.2) is 0 Å². The molecular formula is C14H21ClFNO. The van der Waals surface area contributed by atoms with Crippen LogP contribution in [0.5, 0.6) is 0 Å². The predicted molar refractivity (Wildman–Crippen MR) is 73.3 cm³/mol. The number of rotatable bonds is 6. The third-order valence-corrected chi connectivity index (χ3v) is 3.18. The second-order valence-corrected chi connectivity index (χ2v) is 5.19. The van der Waals surface area contributed by atoms with Crippen LogP contribution < -0.4 is 5.73 Å². The average molecular weight is 274 g/mol. The van der Waals surface area contributed by atoms with E-state index in [1.807, 2.05) is 6.92 Å². The fraction of sp³-hybridized carbons (Fsp3) is 0.571. The van der Waals surface area contributed by atoms with Gasteiger partial charge in [0.05, 0.1) is 11.1 Å². The van der Waals surface area contributed by atoms with E-state index in [1.54, 1.807) is 12.1 Å². The Hall–Kier alpha value is -0.640. The molecular weight excluding hydrogens is 253 g/mol. The van der Waals surface area contributed by atoms with E-state index in [4.69, 9.17) is 22.1 Å². The van der Waals surface area contributed by atoms with Gasteiger partial charge in [-0.1, -0.05) is 31.5 Å². The molecule has 0 bridgehead atoms. The second-order valence-electron chi connectivity index (χ2n) is 4.78. The zero-order chi connectivity index (χ0) is 13.7. The van der Waals surface area contributed by atoms with Crippen LogP contribution in [-0.2, 0) is 11.2 Å². The molecule has 0 fully saturated rings. The molecule has 0 aliphatic heterocycles. The summed E-state index contributed by atoms with van der Waals surface area (Å²) in [5.74, 6) is -0.0601. The van der Waals surface area contributed by atoms with Gasteiger partial charge in [0, 0.05) is 12.6 Å². The van der Waals surface area contributed by atoms with Gasteiger partial charge in [-0.15, -0.1) is 0 Å². The van der Waals surface area contributed by atoms with E-state index in [0.29, 0.717) is 18.9 Å². The van der Waals surface area contributed by atoms with Gasteiger partial charge in [-0.3, -0.25) is 0 Å². The lowest BCUT2D eigenvalue weighted by Crippen LogP contribution is -2.42. The van der Waals surface area contributed by atoms with E-state index in [9.17, 15) is 4.39 Å². The molecule has 0 aliphatic carbocycles. The predicted octanol–water partition coefficient (Wildman–Crippen LogP) is 3.41. The Morgan fingerprint density at radius 2 is 2.06 bits per heavy atom. The van der Waals surface area contributed by atoms with Crippen molar-refractivity contribution < 1.29 is 9.13 Å². The Kier molecular flexibility index (Phi) is 6.06. The Morgan fingerprint density at radius 3 is 2.56 bits per heavy atom. The molecule has 2 atom stereocenters. The molecule has 102 valence electrons. The molecule has 2 unspecified atom stereocenters. The Labute approximate surface area is 113 Å². The summed E-state index contributed by atoms with van der Waals surface area (Å²) >= 11 is 5.75. The van der Waals surface area contributed by atoms with Crippen molar-refractivity contribution >= 4 is 11.6 Å². The van der Waals surface area contributed by atoms with Crippen LogP contribution in [0.15, 0.2) is 18.2 Å². The van der Waals surface area contributed by atoms with E-state index >= 15 is 0 Å². The van der Waals surface area contributed by atoms with Crippen molar-refractivity contribution in [3.05, 3.63) is 34.6 Å². The third kappa shape index (κ3) is 4.23. The maximum absolute atomic E-state index is 13.1. The first-order valence-electron chi connectivity index (χ1n) is 6.26. The molecule has 0 saturated carbocycles. The van der Waals surface area contributed by atoms with Crippen LogP contribution in [0.2, 0.25) is 5.02 Å². The highest BCUT2D eigenvalue weighted by Gasteiger charge is 2.22. The molecule has 4 heteroatoms. The molecule has 1 aromatic carbocycles. The SMILES string of the molecule is CCOC(C(C)C)C(N)Cc1ccc(F)c(Cl)c1. The Balaban J connectivity index is 2.72. The van der Waals surface area contributed by atoms with Crippen LogP contribution in [0.1, 0.15) is 26.3 Å². The number of nitrogens with two attached hydrogens (primary N) is 1. The minimum Gasteiger partial charge on any atom is -0.377 e. The van der Waals surface area contributed by atoms with Crippen LogP contribution in [-0.4, -0.2) is 18.8 Å². The molecule has 2 nitrogen and oxygen atoms in total. The van der Waals surface area contributed by atoms with Gasteiger partial charge in [0.2, 0.25) is 0 Å². The lowest BCUT2D eigenvalue weighted by Gasteiger charge is -2.27. The quantitative estimate of drug-likeness (QED) is 0.862. The summed E-state index contributed by atoms with van der Waals surface area (Å²) in [5, 5.41) is 0.136. The highest BCUT2D eigenvalue weighted by atomic mass is 35.5. The fourth-order valence-corrected chi connectivity index (χ4v) is 2.26. The molecule has 0 spiro atoms. The standard InChI is InChI=1S/C14H21ClFNO/c1-4-18-14(9(2)3)13(17)8-10-5-6-12(16)11(15)7-10/h5-7,9,13-14H,4,8,17H2,1-3H3. The smallest absolute Gasteiger partial charge is 0.141 e. The van der Waals surface area contributed by atoms with E-state index in [-0.39, 0.29) is 17.2 Å². The van der Waals surface area contributed by atoms with Crippen LogP contribution in [0.4, 0.5) is 4.39 Å². The van der Waals surface area contributed by atoms with Gasteiger partial charge < -0.3 is 10.5 Å². The van der Waals surface area contributed by atoms with Gasteiger partial charge in [0.1, 0.15) is 5.82 Å². The fourth-order valence-electron chi connectivity index (χ4n) is 2.06. The van der Waals surface area contributed by atoms with Gasteiger partial charge in [0.25, 0.3) is 0 Å². The minimum absolute atomic E-state index is 0.00108. The number of halogens is 2. The molecule has 1 rings (SSSR count). The molecule has 0 radical (unpaired) electrons. The van der Waals surface area contributed by atoms with Crippen LogP contribution in [0.25, 0.3) is 0 Å². The maximum atomic E-state index is 13.1. The summed E-state index contributed by atoms with van der Waals surface area (Å²) < 4.78 is 18.7. The summed E-state index contributed by atoms with van der Waals surface area (Å²) in [6.07, 6.45) is 0.627. The molecule has 0 aromatic heterocycles. The highest BCUT2D eigenvalue weighted by molar-refractivity contribution is 6.30. The first kappa shape index (κ1) is 15.4. The lowest BCUT2D eigenvalue weighted by molar-refractivity contribution is 0.0128. The number of hydrogen-bond donors (Lipinski definition) is 1. The Bertz CT molecular complexity index is 384. The van der Waals surface area contributed by atoms with Crippen molar-refractivity contribution in [2.24, 2.45) is 11.7 Å². The summed E-state index contributed by atoms with van der Waals surface area (Å²) in [4.78, 5) is 0. The molecule has 1 aromatic rings. The number of hydrogen-bond acceptors (Lipinski definition) is 2. The van der Waals surface area contributed by atoms with Crippen molar-refractivity contribution in [3.63, 3.8) is 0 Å². The molecule has 0 saturated heterocycles. The van der Waals surface area contributed by atoms with Crippen molar-refractivity contribution in [2.75, 3.05) is 6.61 Å². The summed E-state index contributed by atoms with van der Waals surface area (Å²) in [6, 6.07) is 4.59. The largest absolute Gasteiger partial charge is 0.377 e. The molecule has 0 heterocycles. The maximum Gasteiger partial charge on any atom is 0.141 e. The zero-order valence-electron chi connectivity index (χ0n) is 11.1. The van der Waals surface area contributed by atoms with Crippen molar-refractivity contribution in [1.82, 2.24) is 0 Å². The normalized spacial score (nSPS) is 14.8. The summed E-state index contributed by atoms with van der Waals surface area (Å²) in [5.41, 5.74) is 7.09. The molecule has 2 N–H and O–H groups in total. The van der Waals surface area contributed by atoms with Crippen LogP contribution in [0, 0.1) is 11.7 Å². The Morgan fingerprint density at radius 1 is 1.39 bits per heavy atom.